The lowest BCUT2D eigenvalue weighted by Crippen LogP contribution is -2.56. The minimum atomic E-state index is -2.56. The maximum absolute atomic E-state index is 12.2. The zero-order valence-electron chi connectivity index (χ0n) is 16.0. The first-order valence-corrected chi connectivity index (χ1v) is 8.75. The molecule has 8 N–H and O–H groups in total. The molecule has 1 aromatic rings. The molecule has 29 heavy (non-hydrogen) atoms. The van der Waals surface area contributed by atoms with Crippen LogP contribution in [0.3, 0.4) is 0 Å². The molecule has 0 saturated carbocycles. The molecular weight excluding hydrogens is 388 g/mol. The van der Waals surface area contributed by atoms with Gasteiger partial charge in [0.05, 0.1) is 12.2 Å². The minimum Gasteiger partial charge on any atom is -0.508 e. The fourth-order valence-electron chi connectivity index (χ4n) is 2.39. The molecule has 0 aliphatic carbocycles. The summed E-state index contributed by atoms with van der Waals surface area (Å²) in [5.74, 6) is -3.28. The first-order chi connectivity index (χ1) is 13.4. The number of nitrogens with two attached hydrogens (primary N) is 1. The van der Waals surface area contributed by atoms with E-state index < -0.39 is 48.3 Å². The third-order valence-corrected chi connectivity index (χ3v) is 4.32. The Morgan fingerprint density at radius 2 is 1.79 bits per heavy atom. The average Bonchev–Trinajstić information content (AvgIpc) is 2.64. The molecule has 0 bridgehead atoms. The van der Waals surface area contributed by atoms with E-state index in [4.69, 9.17) is 15.6 Å². The van der Waals surface area contributed by atoms with Gasteiger partial charge in [0.15, 0.2) is 0 Å². The summed E-state index contributed by atoms with van der Waals surface area (Å²) in [6.07, 6.45) is -3.54. The molecule has 0 radical (unpaired) electrons. The summed E-state index contributed by atoms with van der Waals surface area (Å²) in [6, 6.07) is 2.62. The Kier molecular flexibility index (Phi) is 8.52. The number of aliphatic carboxylic acids is 1. The van der Waals surface area contributed by atoms with Crippen molar-refractivity contribution in [2.24, 2.45) is 5.73 Å². The van der Waals surface area contributed by atoms with Gasteiger partial charge in [-0.15, -0.1) is 0 Å². The number of esters is 1. The van der Waals surface area contributed by atoms with E-state index in [1.54, 1.807) is 0 Å². The van der Waals surface area contributed by atoms with Gasteiger partial charge in [-0.1, -0.05) is 0 Å². The molecule has 0 fully saturated rings. The molecule has 0 saturated heterocycles. The number of carbonyl (C=O) groups excluding carboxylic acids is 2. The van der Waals surface area contributed by atoms with Crippen molar-refractivity contribution in [3.8, 4) is 5.75 Å². The number of aromatic hydroxyl groups is 1. The number of ether oxygens (including phenoxy) is 1. The van der Waals surface area contributed by atoms with E-state index in [1.165, 1.54) is 18.2 Å². The van der Waals surface area contributed by atoms with Gasteiger partial charge in [-0.2, -0.15) is 0 Å². The maximum atomic E-state index is 12.2. The van der Waals surface area contributed by atoms with Crippen molar-refractivity contribution >= 4 is 23.5 Å². The molecule has 0 aromatic heterocycles. The van der Waals surface area contributed by atoms with Gasteiger partial charge >= 0.3 is 11.9 Å². The highest BCUT2D eigenvalue weighted by Crippen LogP contribution is 2.24. The second kappa shape index (κ2) is 10.2. The van der Waals surface area contributed by atoms with Gasteiger partial charge in [-0.05, 0) is 38.5 Å². The van der Waals surface area contributed by atoms with E-state index in [0.717, 1.165) is 13.8 Å². The van der Waals surface area contributed by atoms with Gasteiger partial charge in [0.1, 0.15) is 18.4 Å². The Labute approximate surface area is 166 Å². The van der Waals surface area contributed by atoms with E-state index in [9.17, 15) is 34.8 Å². The van der Waals surface area contributed by atoms with Crippen LogP contribution in [-0.2, 0) is 25.7 Å². The lowest BCUT2D eigenvalue weighted by molar-refractivity contribution is -0.195. The zero-order chi connectivity index (χ0) is 22.4. The van der Waals surface area contributed by atoms with Crippen molar-refractivity contribution < 1.29 is 44.7 Å². The van der Waals surface area contributed by atoms with Crippen LogP contribution in [0, 0.1) is 0 Å². The number of benzene rings is 1. The Morgan fingerprint density at radius 3 is 2.31 bits per heavy atom. The Hall–Kier alpha value is -2.73. The normalized spacial score (nSPS) is 14.6. The van der Waals surface area contributed by atoms with Gasteiger partial charge < -0.3 is 41.3 Å². The number of carbonyl (C=O) groups is 3. The van der Waals surface area contributed by atoms with Crippen LogP contribution in [0.1, 0.15) is 32.3 Å². The van der Waals surface area contributed by atoms with Crippen LogP contribution >= 0.6 is 0 Å². The molecule has 162 valence electrons. The monoisotopic (exact) mass is 414 g/mol. The summed E-state index contributed by atoms with van der Waals surface area (Å²) in [5.41, 5.74) is 3.11. The zero-order valence-corrected chi connectivity index (χ0v) is 16.0. The second-order valence-electron chi connectivity index (χ2n) is 6.63. The van der Waals surface area contributed by atoms with Crippen molar-refractivity contribution in [2.45, 2.75) is 57.1 Å². The van der Waals surface area contributed by atoms with Gasteiger partial charge in [0, 0.05) is 17.7 Å². The number of aliphatic hydroxyl groups is 3. The highest BCUT2D eigenvalue weighted by Gasteiger charge is 2.47. The molecule has 11 nitrogen and oxygen atoms in total. The van der Waals surface area contributed by atoms with Crippen LogP contribution in [0.15, 0.2) is 18.2 Å². The molecule has 1 aromatic carbocycles. The van der Waals surface area contributed by atoms with Crippen molar-refractivity contribution in [1.29, 1.82) is 0 Å². The van der Waals surface area contributed by atoms with Gasteiger partial charge in [-0.3, -0.25) is 9.59 Å². The number of aliphatic hydroxyl groups excluding tert-OH is 2. The lowest BCUT2D eigenvalue weighted by Gasteiger charge is -2.31. The van der Waals surface area contributed by atoms with Crippen molar-refractivity contribution in [2.75, 3.05) is 5.32 Å². The van der Waals surface area contributed by atoms with E-state index in [1.807, 2.05) is 0 Å². The van der Waals surface area contributed by atoms with Gasteiger partial charge in [0.25, 0.3) is 0 Å². The third-order valence-electron chi connectivity index (χ3n) is 4.32. The third kappa shape index (κ3) is 6.39. The molecule has 0 spiro atoms. The summed E-state index contributed by atoms with van der Waals surface area (Å²) in [6.45, 7) is 1.71. The number of phenols is 1. The van der Waals surface area contributed by atoms with Crippen molar-refractivity contribution in [3.63, 3.8) is 0 Å². The topological polar surface area (TPSA) is 200 Å². The Balaban J connectivity index is 2.87. The number of hydrogen-bond acceptors (Lipinski definition) is 9. The van der Waals surface area contributed by atoms with Crippen LogP contribution in [0.2, 0.25) is 0 Å². The summed E-state index contributed by atoms with van der Waals surface area (Å²) < 4.78 is 4.95. The standard InChI is InChI=1S/C18H26N2O9/c1-9(21)18(28,10(2)22)17(27)29-8-11-7-12(23)3-5-14(11)20-15(24)6-4-13(19)16(25)26/h3,5,7,9-10,13,21-23,28H,4,6,8,19H2,1-2H3,(H,20,24)(H,25,26)/t9-,10-,13+/m0/s1. The summed E-state index contributed by atoms with van der Waals surface area (Å²) in [7, 11) is 0. The first-order valence-electron chi connectivity index (χ1n) is 8.75. The summed E-state index contributed by atoms with van der Waals surface area (Å²) in [4.78, 5) is 34.9. The van der Waals surface area contributed by atoms with Crippen LogP contribution in [-0.4, -0.2) is 67.2 Å². The lowest BCUT2D eigenvalue weighted by atomic mass is 9.92. The summed E-state index contributed by atoms with van der Waals surface area (Å²) >= 11 is 0. The number of phenolic OH excluding ortho intramolecular Hbond substituents is 1. The molecule has 1 amide bonds. The smallest absolute Gasteiger partial charge is 0.343 e. The molecule has 1 rings (SSSR count). The first kappa shape index (κ1) is 24.3. The quantitative estimate of drug-likeness (QED) is 0.185. The molecular formula is C18H26N2O9. The molecule has 0 aliphatic heterocycles. The van der Waals surface area contributed by atoms with Crippen LogP contribution in [0.25, 0.3) is 0 Å². The van der Waals surface area contributed by atoms with E-state index in [2.05, 4.69) is 5.32 Å². The number of amides is 1. The molecule has 0 heterocycles. The van der Waals surface area contributed by atoms with E-state index >= 15 is 0 Å². The number of carboxylic acid groups (broad SMARTS) is 1. The number of nitrogens with one attached hydrogen (secondary N) is 1. The molecule has 3 atom stereocenters. The fourth-order valence-corrected chi connectivity index (χ4v) is 2.39. The van der Waals surface area contributed by atoms with E-state index in [-0.39, 0.29) is 29.8 Å². The molecule has 0 unspecified atom stereocenters. The average molecular weight is 414 g/mol. The highest BCUT2D eigenvalue weighted by atomic mass is 16.6. The minimum absolute atomic E-state index is 0.0978. The number of anilines is 1. The Bertz CT molecular complexity index is 741. The predicted octanol–water partition coefficient (Wildman–Crippen LogP) is -0.941. The summed E-state index contributed by atoms with van der Waals surface area (Å²) in [5, 5.41) is 50.3. The molecule has 11 heteroatoms. The van der Waals surface area contributed by atoms with Crippen molar-refractivity contribution in [3.05, 3.63) is 23.8 Å². The van der Waals surface area contributed by atoms with Gasteiger partial charge in [0.2, 0.25) is 11.5 Å². The Morgan fingerprint density at radius 1 is 1.21 bits per heavy atom. The number of rotatable bonds is 10. The molecule has 0 aliphatic rings. The highest BCUT2D eigenvalue weighted by molar-refractivity contribution is 5.92. The SMILES string of the molecule is C[C@H](O)C(O)(C(=O)OCc1cc(O)ccc1NC(=O)CC[C@@H](N)C(=O)O)[C@H](C)O. The van der Waals surface area contributed by atoms with Crippen LogP contribution in [0.5, 0.6) is 5.75 Å². The van der Waals surface area contributed by atoms with Gasteiger partial charge in [-0.25, -0.2) is 4.79 Å². The maximum Gasteiger partial charge on any atom is 0.343 e. The number of hydrogen-bond donors (Lipinski definition) is 7. The second-order valence-corrected chi connectivity index (χ2v) is 6.63. The van der Waals surface area contributed by atoms with E-state index in [0.29, 0.717) is 0 Å². The largest absolute Gasteiger partial charge is 0.508 e. The van der Waals surface area contributed by atoms with Crippen LogP contribution < -0.4 is 11.1 Å². The fraction of sp³-hybridized carbons (Fsp3) is 0.500. The predicted molar refractivity (Wildman–Crippen MR) is 99.7 cm³/mol. The van der Waals surface area contributed by atoms with Crippen molar-refractivity contribution in [1.82, 2.24) is 0 Å². The van der Waals surface area contributed by atoms with Crippen LogP contribution in [0.4, 0.5) is 5.69 Å². The number of carboxylic acids is 1.